The number of hydrazone groups is 1. The number of sulfone groups is 1. The lowest BCUT2D eigenvalue weighted by Gasteiger charge is -2.10. The second-order valence-electron chi connectivity index (χ2n) is 6.00. The van der Waals surface area contributed by atoms with E-state index in [0.717, 1.165) is 17.0 Å². The molecule has 3 rings (SSSR count). The minimum absolute atomic E-state index is 0.113. The number of amides is 1. The molecule has 0 aliphatic carbocycles. The summed E-state index contributed by atoms with van der Waals surface area (Å²) in [6, 6.07) is 4.90. The molecule has 0 spiro atoms. The van der Waals surface area contributed by atoms with E-state index in [-0.39, 0.29) is 23.2 Å². The molecule has 1 atom stereocenters. The predicted octanol–water partition coefficient (Wildman–Crippen LogP) is 1.02. The number of nitrogens with zero attached hydrogens (tertiary/aromatic N) is 4. The third kappa shape index (κ3) is 3.76. The van der Waals surface area contributed by atoms with Crippen molar-refractivity contribution in [3.05, 3.63) is 47.0 Å². The van der Waals surface area contributed by atoms with Crippen LogP contribution in [0.4, 0.5) is 0 Å². The summed E-state index contributed by atoms with van der Waals surface area (Å²) in [6.45, 7) is 3.70. The summed E-state index contributed by atoms with van der Waals surface area (Å²) < 4.78 is 25.1. The first kappa shape index (κ1) is 17.3. The SMILES string of the molecule is Cc1nn([C@@H]2CCS(=O)(=O)C2)c(C)c1/C=N\NC(=O)c1ccccn1. The Labute approximate surface area is 145 Å². The number of carbonyl (C=O) groups excluding carboxylic acids is 1. The van der Waals surface area contributed by atoms with Gasteiger partial charge in [-0.05, 0) is 32.4 Å². The number of hydrogen-bond donors (Lipinski definition) is 1. The van der Waals surface area contributed by atoms with Gasteiger partial charge in [-0.1, -0.05) is 6.07 Å². The largest absolute Gasteiger partial charge is 0.289 e. The molecule has 2 aromatic heterocycles. The first-order chi connectivity index (χ1) is 11.9. The van der Waals surface area contributed by atoms with Crippen LogP contribution in [0.15, 0.2) is 29.5 Å². The summed E-state index contributed by atoms with van der Waals surface area (Å²) in [5.41, 5.74) is 5.04. The Kier molecular flexibility index (Phi) is 4.67. The number of carbonyl (C=O) groups is 1. The molecule has 132 valence electrons. The third-order valence-corrected chi connectivity index (χ3v) is 5.94. The predicted molar refractivity (Wildman–Crippen MR) is 93.3 cm³/mol. The van der Waals surface area contributed by atoms with Gasteiger partial charge in [0.25, 0.3) is 5.91 Å². The van der Waals surface area contributed by atoms with E-state index in [2.05, 4.69) is 20.6 Å². The van der Waals surface area contributed by atoms with Crippen LogP contribution in [0.5, 0.6) is 0 Å². The highest BCUT2D eigenvalue weighted by atomic mass is 32.2. The molecule has 0 bridgehead atoms. The number of nitrogens with one attached hydrogen (secondary N) is 1. The average molecular weight is 361 g/mol. The van der Waals surface area contributed by atoms with Gasteiger partial charge in [-0.3, -0.25) is 14.5 Å². The lowest BCUT2D eigenvalue weighted by Crippen LogP contribution is -2.18. The molecule has 0 saturated carbocycles. The highest BCUT2D eigenvalue weighted by molar-refractivity contribution is 7.91. The monoisotopic (exact) mass is 361 g/mol. The lowest BCUT2D eigenvalue weighted by atomic mass is 10.2. The summed E-state index contributed by atoms with van der Waals surface area (Å²) in [4.78, 5) is 15.9. The van der Waals surface area contributed by atoms with E-state index >= 15 is 0 Å². The van der Waals surface area contributed by atoms with E-state index in [1.165, 1.54) is 12.4 Å². The van der Waals surface area contributed by atoms with Crippen molar-refractivity contribution in [2.75, 3.05) is 11.5 Å². The normalized spacial score (nSPS) is 19.4. The molecule has 0 radical (unpaired) electrons. The average Bonchev–Trinajstić information content (AvgIpc) is 3.08. The van der Waals surface area contributed by atoms with Crippen LogP contribution < -0.4 is 5.43 Å². The van der Waals surface area contributed by atoms with Gasteiger partial charge >= 0.3 is 0 Å². The van der Waals surface area contributed by atoms with Crippen molar-refractivity contribution in [1.82, 2.24) is 20.2 Å². The van der Waals surface area contributed by atoms with Crippen LogP contribution in [0, 0.1) is 13.8 Å². The molecule has 25 heavy (non-hydrogen) atoms. The smallest absolute Gasteiger partial charge is 0.266 e. The van der Waals surface area contributed by atoms with E-state index in [4.69, 9.17) is 0 Å². The maximum absolute atomic E-state index is 11.9. The van der Waals surface area contributed by atoms with Crippen molar-refractivity contribution in [3.63, 3.8) is 0 Å². The molecule has 9 heteroatoms. The van der Waals surface area contributed by atoms with Crippen LogP contribution in [0.1, 0.15) is 39.9 Å². The number of aromatic nitrogens is 3. The molecular weight excluding hydrogens is 342 g/mol. The Morgan fingerprint density at radius 3 is 2.84 bits per heavy atom. The van der Waals surface area contributed by atoms with Gasteiger partial charge < -0.3 is 0 Å². The molecule has 0 aromatic carbocycles. The summed E-state index contributed by atoms with van der Waals surface area (Å²) in [6.07, 6.45) is 3.63. The topological polar surface area (TPSA) is 106 Å². The van der Waals surface area contributed by atoms with E-state index in [1.54, 1.807) is 22.9 Å². The van der Waals surface area contributed by atoms with Crippen molar-refractivity contribution in [3.8, 4) is 0 Å². The number of pyridine rings is 1. The Hall–Kier alpha value is -2.55. The lowest BCUT2D eigenvalue weighted by molar-refractivity contribution is 0.0950. The van der Waals surface area contributed by atoms with Gasteiger partial charge in [-0.25, -0.2) is 13.8 Å². The fourth-order valence-electron chi connectivity index (χ4n) is 2.90. The van der Waals surface area contributed by atoms with Gasteiger partial charge in [-0.2, -0.15) is 10.2 Å². The van der Waals surface area contributed by atoms with Crippen LogP contribution >= 0.6 is 0 Å². The molecule has 0 unspecified atom stereocenters. The molecule has 1 fully saturated rings. The summed E-state index contributed by atoms with van der Waals surface area (Å²) in [5, 5.41) is 8.42. The van der Waals surface area contributed by atoms with Crippen molar-refractivity contribution >= 4 is 22.0 Å². The van der Waals surface area contributed by atoms with Gasteiger partial charge in [0.1, 0.15) is 5.69 Å². The number of aryl methyl sites for hydroxylation is 1. The van der Waals surface area contributed by atoms with E-state index in [9.17, 15) is 13.2 Å². The van der Waals surface area contributed by atoms with Crippen molar-refractivity contribution in [2.24, 2.45) is 5.10 Å². The van der Waals surface area contributed by atoms with Crippen LogP contribution in [0.25, 0.3) is 0 Å². The van der Waals surface area contributed by atoms with Gasteiger partial charge in [0, 0.05) is 17.5 Å². The second-order valence-corrected chi connectivity index (χ2v) is 8.23. The van der Waals surface area contributed by atoms with Crippen LogP contribution in [0.3, 0.4) is 0 Å². The molecule has 2 aromatic rings. The summed E-state index contributed by atoms with van der Waals surface area (Å²) >= 11 is 0. The Balaban J connectivity index is 1.74. The van der Waals surface area contributed by atoms with E-state index < -0.39 is 15.7 Å². The van der Waals surface area contributed by atoms with Gasteiger partial charge in [-0.15, -0.1) is 0 Å². The molecular formula is C16H19N5O3S. The molecule has 1 aliphatic rings. The highest BCUT2D eigenvalue weighted by Gasteiger charge is 2.31. The molecule has 1 aliphatic heterocycles. The zero-order chi connectivity index (χ0) is 18.0. The number of rotatable bonds is 4. The number of hydrogen-bond acceptors (Lipinski definition) is 6. The molecule has 1 saturated heterocycles. The maximum Gasteiger partial charge on any atom is 0.289 e. The zero-order valence-electron chi connectivity index (χ0n) is 14.0. The second kappa shape index (κ2) is 6.75. The standard InChI is InChI=1S/C16H19N5O3S/c1-11-14(9-18-19-16(22)15-5-3-4-7-17-15)12(2)21(20-11)13-6-8-25(23,24)10-13/h3-5,7,9,13H,6,8,10H2,1-2H3,(H,19,22)/b18-9-/t13-/m1/s1. The molecule has 1 N–H and O–H groups in total. The molecule has 8 nitrogen and oxygen atoms in total. The zero-order valence-corrected chi connectivity index (χ0v) is 14.8. The Bertz CT molecular complexity index is 919. The minimum Gasteiger partial charge on any atom is -0.266 e. The van der Waals surface area contributed by atoms with Gasteiger partial charge in [0.2, 0.25) is 0 Å². The quantitative estimate of drug-likeness (QED) is 0.646. The van der Waals surface area contributed by atoms with Crippen LogP contribution in [0.2, 0.25) is 0 Å². The molecule has 3 heterocycles. The van der Waals surface area contributed by atoms with Crippen LogP contribution in [-0.4, -0.2) is 46.8 Å². The minimum atomic E-state index is -2.98. The highest BCUT2D eigenvalue weighted by Crippen LogP contribution is 2.26. The fraction of sp³-hybridized carbons (Fsp3) is 0.375. The van der Waals surface area contributed by atoms with Gasteiger partial charge in [0.05, 0.1) is 29.5 Å². The fourth-order valence-corrected chi connectivity index (χ4v) is 4.59. The summed E-state index contributed by atoms with van der Waals surface area (Å²) in [5.74, 6) is -0.0944. The van der Waals surface area contributed by atoms with Crippen LogP contribution in [-0.2, 0) is 9.84 Å². The van der Waals surface area contributed by atoms with Crippen molar-refractivity contribution in [1.29, 1.82) is 0 Å². The van der Waals surface area contributed by atoms with Gasteiger partial charge in [0.15, 0.2) is 9.84 Å². The molecule has 1 amide bonds. The Morgan fingerprint density at radius 1 is 1.40 bits per heavy atom. The Morgan fingerprint density at radius 2 is 2.20 bits per heavy atom. The van der Waals surface area contributed by atoms with E-state index in [0.29, 0.717) is 6.42 Å². The first-order valence-electron chi connectivity index (χ1n) is 7.88. The van der Waals surface area contributed by atoms with Crippen molar-refractivity contribution in [2.45, 2.75) is 26.3 Å². The first-order valence-corrected chi connectivity index (χ1v) is 9.70. The summed E-state index contributed by atoms with van der Waals surface area (Å²) in [7, 11) is -2.98. The maximum atomic E-state index is 11.9. The van der Waals surface area contributed by atoms with E-state index in [1.807, 2.05) is 13.8 Å². The third-order valence-electron chi connectivity index (χ3n) is 4.19. The van der Waals surface area contributed by atoms with Crippen molar-refractivity contribution < 1.29 is 13.2 Å².